The number of rotatable bonds is 5. The zero-order chi connectivity index (χ0) is 22.0. The van der Waals surface area contributed by atoms with Crippen LogP contribution in [0.15, 0.2) is 53.8 Å². The van der Waals surface area contributed by atoms with E-state index >= 15 is 0 Å². The number of allylic oxidation sites excluding steroid dienone is 1. The number of fused-ring (bicyclic) bond motifs is 1. The number of anilines is 1. The lowest BCUT2D eigenvalue weighted by Gasteiger charge is -2.37. The molecule has 8 heteroatoms. The van der Waals surface area contributed by atoms with Crippen LogP contribution in [0.5, 0.6) is 0 Å². The fourth-order valence-corrected chi connectivity index (χ4v) is 3.58. The van der Waals surface area contributed by atoms with Crippen molar-refractivity contribution in [2.45, 2.75) is 6.10 Å². The van der Waals surface area contributed by atoms with Gasteiger partial charge in [-0.2, -0.15) is 0 Å². The number of hydrogen-bond donors (Lipinski definition) is 2. The number of likely N-dealkylation sites (tertiary alicyclic amines) is 1. The second-order valence-electron chi connectivity index (χ2n) is 7.30. The van der Waals surface area contributed by atoms with Crippen molar-refractivity contribution >= 4 is 34.4 Å². The Hall–Kier alpha value is -3.78. The standard InChI is InChI=1S/C23H24N6O2/c1-26-10-16(9-24)14-3-5-15(6-4-14)19-11-27-22(25)18-7-8-20(28-21(18)19)23(30)29-12-17(13-29)31-2/h3-11,17H,12-13,24H2,1-2H3,(H2,25,27)/b16-9+,26-10?. The molecule has 3 aromatic rings. The summed E-state index contributed by atoms with van der Waals surface area (Å²) in [5, 5.41) is 0.706. The van der Waals surface area contributed by atoms with Crippen LogP contribution in [0.25, 0.3) is 27.6 Å². The summed E-state index contributed by atoms with van der Waals surface area (Å²) >= 11 is 0. The summed E-state index contributed by atoms with van der Waals surface area (Å²) in [6, 6.07) is 11.3. The first-order chi connectivity index (χ1) is 15.0. The Balaban J connectivity index is 1.72. The number of ether oxygens (including phenoxy) is 1. The van der Waals surface area contributed by atoms with Gasteiger partial charge in [0.15, 0.2) is 0 Å². The molecule has 0 radical (unpaired) electrons. The number of nitrogens with zero attached hydrogens (tertiary/aromatic N) is 4. The first-order valence-electron chi connectivity index (χ1n) is 9.88. The lowest BCUT2D eigenvalue weighted by Crippen LogP contribution is -2.54. The number of amides is 1. The van der Waals surface area contributed by atoms with Gasteiger partial charge in [-0.15, -0.1) is 0 Å². The van der Waals surface area contributed by atoms with Gasteiger partial charge in [0.2, 0.25) is 0 Å². The Morgan fingerprint density at radius 3 is 2.61 bits per heavy atom. The van der Waals surface area contributed by atoms with Gasteiger partial charge in [-0.25, -0.2) is 9.97 Å². The molecular weight excluding hydrogens is 392 g/mol. The Bertz CT molecular complexity index is 1180. The van der Waals surface area contributed by atoms with Crippen molar-refractivity contribution in [1.29, 1.82) is 0 Å². The number of pyridine rings is 2. The van der Waals surface area contributed by atoms with Crippen molar-refractivity contribution in [3.8, 4) is 11.1 Å². The minimum absolute atomic E-state index is 0.0866. The van der Waals surface area contributed by atoms with E-state index in [-0.39, 0.29) is 12.0 Å². The molecule has 1 aliphatic rings. The Labute approximate surface area is 180 Å². The summed E-state index contributed by atoms with van der Waals surface area (Å²) < 4.78 is 5.26. The second kappa shape index (κ2) is 8.53. The van der Waals surface area contributed by atoms with Crippen molar-refractivity contribution in [1.82, 2.24) is 14.9 Å². The average molecular weight is 416 g/mol. The van der Waals surface area contributed by atoms with E-state index in [1.807, 2.05) is 24.3 Å². The van der Waals surface area contributed by atoms with E-state index in [1.54, 1.807) is 43.6 Å². The van der Waals surface area contributed by atoms with Crippen LogP contribution in [-0.4, -0.2) is 60.3 Å². The van der Waals surface area contributed by atoms with Crippen LogP contribution >= 0.6 is 0 Å². The van der Waals surface area contributed by atoms with Crippen molar-refractivity contribution in [2.24, 2.45) is 10.7 Å². The van der Waals surface area contributed by atoms with Crippen molar-refractivity contribution in [3.05, 3.63) is 60.1 Å². The number of carbonyl (C=O) groups is 1. The number of carbonyl (C=O) groups excluding carboxylic acids is 1. The molecule has 4 N–H and O–H groups in total. The van der Waals surface area contributed by atoms with Gasteiger partial charge in [0.1, 0.15) is 11.5 Å². The highest BCUT2D eigenvalue weighted by atomic mass is 16.5. The zero-order valence-electron chi connectivity index (χ0n) is 17.4. The van der Waals surface area contributed by atoms with Gasteiger partial charge in [0.05, 0.1) is 11.6 Å². The molecule has 8 nitrogen and oxygen atoms in total. The van der Waals surface area contributed by atoms with Gasteiger partial charge >= 0.3 is 0 Å². The molecule has 0 atom stereocenters. The number of nitrogen functional groups attached to an aromatic ring is 1. The topological polar surface area (TPSA) is 120 Å². The molecule has 1 aromatic carbocycles. The molecule has 1 fully saturated rings. The highest BCUT2D eigenvalue weighted by Gasteiger charge is 2.31. The molecule has 0 bridgehead atoms. The van der Waals surface area contributed by atoms with Crippen molar-refractivity contribution < 1.29 is 9.53 Å². The highest BCUT2D eigenvalue weighted by Crippen LogP contribution is 2.30. The number of nitrogens with two attached hydrogens (primary N) is 2. The third kappa shape index (κ3) is 3.85. The Morgan fingerprint density at radius 1 is 1.23 bits per heavy atom. The van der Waals surface area contributed by atoms with Gasteiger partial charge in [0, 0.05) is 62.4 Å². The molecule has 1 amide bonds. The molecule has 4 rings (SSSR count). The van der Waals surface area contributed by atoms with Crippen LogP contribution in [0.2, 0.25) is 0 Å². The van der Waals surface area contributed by atoms with E-state index in [0.717, 1.165) is 22.3 Å². The fraction of sp³-hybridized carbons (Fsp3) is 0.217. The first-order valence-corrected chi connectivity index (χ1v) is 9.88. The van der Waals surface area contributed by atoms with E-state index in [2.05, 4.69) is 15.0 Å². The number of methoxy groups -OCH3 is 1. The molecule has 1 saturated heterocycles. The largest absolute Gasteiger partial charge is 0.404 e. The Morgan fingerprint density at radius 2 is 1.97 bits per heavy atom. The molecule has 0 saturated carbocycles. The summed E-state index contributed by atoms with van der Waals surface area (Å²) in [6.45, 7) is 1.14. The number of aliphatic imine (C=N–C) groups is 1. The Kier molecular flexibility index (Phi) is 5.64. The van der Waals surface area contributed by atoms with Crippen LogP contribution in [-0.2, 0) is 4.74 Å². The summed E-state index contributed by atoms with van der Waals surface area (Å²) in [4.78, 5) is 27.5. The van der Waals surface area contributed by atoms with Gasteiger partial charge in [-0.1, -0.05) is 24.3 Å². The number of hydrogen-bond acceptors (Lipinski definition) is 7. The predicted octanol–water partition coefficient (Wildman–Crippen LogP) is 2.35. The quantitative estimate of drug-likeness (QED) is 0.616. The smallest absolute Gasteiger partial charge is 0.272 e. The monoisotopic (exact) mass is 416 g/mol. The van der Waals surface area contributed by atoms with Crippen LogP contribution < -0.4 is 11.5 Å². The molecule has 31 heavy (non-hydrogen) atoms. The maximum Gasteiger partial charge on any atom is 0.272 e. The summed E-state index contributed by atoms with van der Waals surface area (Å²) in [5.41, 5.74) is 16.3. The van der Waals surface area contributed by atoms with Gasteiger partial charge < -0.3 is 21.1 Å². The third-order valence-electron chi connectivity index (χ3n) is 5.42. The zero-order valence-corrected chi connectivity index (χ0v) is 17.4. The van der Waals surface area contributed by atoms with E-state index in [1.165, 1.54) is 6.20 Å². The molecule has 1 aliphatic heterocycles. The molecule has 0 aliphatic carbocycles. The SMILES string of the molecule is CN=C/C(=C\N)c1ccc(-c2cnc(N)c3ccc(C(=O)N4CC(OC)C4)nc23)cc1. The summed E-state index contributed by atoms with van der Waals surface area (Å²) in [7, 11) is 3.35. The van der Waals surface area contributed by atoms with E-state index in [0.29, 0.717) is 35.5 Å². The van der Waals surface area contributed by atoms with Gasteiger partial charge in [-0.05, 0) is 23.3 Å². The molecule has 0 unspecified atom stereocenters. The van der Waals surface area contributed by atoms with Gasteiger partial charge in [-0.3, -0.25) is 9.79 Å². The molecule has 158 valence electrons. The first kappa shape index (κ1) is 20.5. The minimum Gasteiger partial charge on any atom is -0.404 e. The second-order valence-corrected chi connectivity index (χ2v) is 7.30. The normalized spacial score (nSPS) is 14.9. The molecule has 0 spiro atoms. The maximum absolute atomic E-state index is 12.8. The fourth-order valence-electron chi connectivity index (χ4n) is 3.58. The predicted molar refractivity (Wildman–Crippen MR) is 123 cm³/mol. The summed E-state index contributed by atoms with van der Waals surface area (Å²) in [6.07, 6.45) is 5.00. The van der Waals surface area contributed by atoms with Crippen molar-refractivity contribution in [2.75, 3.05) is 33.0 Å². The van der Waals surface area contributed by atoms with Crippen LogP contribution in [0, 0.1) is 0 Å². The minimum atomic E-state index is -0.122. The summed E-state index contributed by atoms with van der Waals surface area (Å²) in [5.74, 6) is 0.251. The van der Waals surface area contributed by atoms with E-state index in [9.17, 15) is 4.79 Å². The van der Waals surface area contributed by atoms with Crippen LogP contribution in [0.4, 0.5) is 5.82 Å². The van der Waals surface area contributed by atoms with E-state index < -0.39 is 0 Å². The number of aromatic nitrogens is 2. The highest BCUT2D eigenvalue weighted by molar-refractivity contribution is 6.09. The van der Waals surface area contributed by atoms with E-state index in [4.69, 9.17) is 16.2 Å². The molecule has 3 heterocycles. The van der Waals surface area contributed by atoms with Crippen molar-refractivity contribution in [3.63, 3.8) is 0 Å². The lowest BCUT2D eigenvalue weighted by molar-refractivity contribution is -0.0194. The van der Waals surface area contributed by atoms with Gasteiger partial charge in [0.25, 0.3) is 5.91 Å². The van der Waals surface area contributed by atoms with Crippen LogP contribution in [0.1, 0.15) is 16.1 Å². The van der Waals surface area contributed by atoms with Crippen LogP contribution in [0.3, 0.4) is 0 Å². The lowest BCUT2D eigenvalue weighted by atomic mass is 10.00. The average Bonchev–Trinajstić information content (AvgIpc) is 2.77. The molecule has 2 aromatic heterocycles. The molecular formula is C23H24N6O2. The number of benzene rings is 1. The third-order valence-corrected chi connectivity index (χ3v) is 5.42. The maximum atomic E-state index is 12.8.